The van der Waals surface area contributed by atoms with E-state index in [0.29, 0.717) is 10.6 Å². The van der Waals surface area contributed by atoms with Crippen LogP contribution in [0.15, 0.2) is 48.5 Å². The molecule has 0 N–H and O–H groups in total. The largest absolute Gasteiger partial charge is 0.418 e. The van der Waals surface area contributed by atoms with Gasteiger partial charge >= 0.3 is 6.18 Å². The van der Waals surface area contributed by atoms with Crippen LogP contribution in [-0.4, -0.2) is 16.1 Å². The zero-order valence-electron chi connectivity index (χ0n) is 12.6. The molecule has 0 spiro atoms. The van der Waals surface area contributed by atoms with E-state index in [9.17, 15) is 18.0 Å². The number of halogens is 5. The predicted octanol–water partition coefficient (Wildman–Crippen LogP) is 6.15. The Morgan fingerprint density at radius 1 is 1.12 bits per heavy atom. The molecule has 1 aromatic heterocycles. The number of nitrogens with zero attached hydrogens (tertiary/aromatic N) is 1. The number of alkyl halides is 4. The third kappa shape index (κ3) is 3.55. The van der Waals surface area contributed by atoms with Crippen LogP contribution < -0.4 is 0 Å². The van der Waals surface area contributed by atoms with Crippen LogP contribution >= 0.6 is 27.5 Å². The normalized spacial score (nSPS) is 11.7. The van der Waals surface area contributed by atoms with Gasteiger partial charge in [0.2, 0.25) is 0 Å². The van der Waals surface area contributed by atoms with Gasteiger partial charge in [0.05, 0.1) is 22.1 Å². The highest BCUT2D eigenvalue weighted by Gasteiger charge is 2.34. The number of hydrogen-bond acceptors (Lipinski definition) is 2. The SMILES string of the molecule is O=C(CBr)c1cc(-c2ccc(Cl)cc2)nc2c(C(F)(F)F)cccc12. The molecule has 2 aromatic carbocycles. The van der Waals surface area contributed by atoms with Crippen LogP contribution in [0.4, 0.5) is 13.2 Å². The standard InChI is InChI=1S/C18H10BrClF3NO/c19-9-16(25)13-8-15(10-4-6-11(20)7-5-10)24-17-12(13)2-1-3-14(17)18(21,22)23/h1-8H,9H2. The summed E-state index contributed by atoms with van der Waals surface area (Å²) >= 11 is 8.93. The summed E-state index contributed by atoms with van der Waals surface area (Å²) < 4.78 is 40.1. The third-order valence-corrected chi connectivity index (χ3v) is 4.47. The highest BCUT2D eigenvalue weighted by atomic mass is 79.9. The van der Waals surface area contributed by atoms with Crippen LogP contribution in [-0.2, 0) is 6.18 Å². The van der Waals surface area contributed by atoms with Crippen molar-refractivity contribution in [2.24, 2.45) is 0 Å². The fourth-order valence-electron chi connectivity index (χ4n) is 2.55. The first kappa shape index (κ1) is 17.9. The average molecular weight is 429 g/mol. The molecule has 7 heteroatoms. The number of pyridine rings is 1. The number of carbonyl (C=O) groups is 1. The molecular weight excluding hydrogens is 419 g/mol. The van der Waals surface area contributed by atoms with Crippen molar-refractivity contribution in [3.05, 3.63) is 64.7 Å². The van der Waals surface area contributed by atoms with Crippen molar-refractivity contribution in [2.45, 2.75) is 6.18 Å². The summed E-state index contributed by atoms with van der Waals surface area (Å²) in [6, 6.07) is 11.7. The lowest BCUT2D eigenvalue weighted by Crippen LogP contribution is -2.09. The Hall–Kier alpha value is -1.92. The summed E-state index contributed by atoms with van der Waals surface area (Å²) in [5.74, 6) is -0.318. The number of ketones is 1. The molecule has 128 valence electrons. The minimum atomic E-state index is -4.57. The number of carbonyl (C=O) groups excluding carboxylic acids is 1. The first-order valence-corrected chi connectivity index (χ1v) is 8.67. The van der Waals surface area contributed by atoms with Crippen LogP contribution in [0, 0.1) is 0 Å². The topological polar surface area (TPSA) is 30.0 Å². The van der Waals surface area contributed by atoms with Gasteiger partial charge < -0.3 is 0 Å². The van der Waals surface area contributed by atoms with E-state index in [1.54, 1.807) is 24.3 Å². The minimum Gasteiger partial charge on any atom is -0.293 e. The molecule has 25 heavy (non-hydrogen) atoms. The van der Waals surface area contributed by atoms with E-state index < -0.39 is 11.7 Å². The number of rotatable bonds is 3. The second kappa shape index (κ2) is 6.77. The van der Waals surface area contributed by atoms with Crippen LogP contribution in [0.5, 0.6) is 0 Å². The molecule has 0 aliphatic rings. The summed E-state index contributed by atoms with van der Waals surface area (Å²) in [4.78, 5) is 16.4. The van der Waals surface area contributed by atoms with Gasteiger partial charge in [-0.05, 0) is 24.3 Å². The van der Waals surface area contributed by atoms with E-state index in [4.69, 9.17) is 11.6 Å². The van der Waals surface area contributed by atoms with Crippen molar-refractivity contribution in [3.63, 3.8) is 0 Å². The van der Waals surface area contributed by atoms with Crippen molar-refractivity contribution < 1.29 is 18.0 Å². The second-order valence-electron chi connectivity index (χ2n) is 5.32. The molecule has 2 nitrogen and oxygen atoms in total. The Kier molecular flexibility index (Phi) is 4.84. The van der Waals surface area contributed by atoms with E-state index in [-0.39, 0.29) is 33.3 Å². The van der Waals surface area contributed by atoms with Gasteiger partial charge in [-0.1, -0.05) is 51.8 Å². The van der Waals surface area contributed by atoms with Gasteiger partial charge in [-0.25, -0.2) is 4.98 Å². The molecule has 0 unspecified atom stereocenters. The smallest absolute Gasteiger partial charge is 0.293 e. The summed E-state index contributed by atoms with van der Waals surface area (Å²) in [5, 5.41) is 0.678. The highest BCUT2D eigenvalue weighted by molar-refractivity contribution is 9.09. The molecule has 1 heterocycles. The van der Waals surface area contributed by atoms with Crippen molar-refractivity contribution in [3.8, 4) is 11.3 Å². The molecule has 0 amide bonds. The van der Waals surface area contributed by atoms with Gasteiger partial charge in [-0.3, -0.25) is 4.79 Å². The van der Waals surface area contributed by atoms with Crippen molar-refractivity contribution in [2.75, 3.05) is 5.33 Å². The molecule has 3 aromatic rings. The van der Waals surface area contributed by atoms with E-state index in [0.717, 1.165) is 6.07 Å². The molecule has 0 saturated carbocycles. The van der Waals surface area contributed by atoms with Crippen LogP contribution in [0.3, 0.4) is 0 Å². The van der Waals surface area contributed by atoms with E-state index in [1.807, 2.05) is 0 Å². The summed E-state index contributed by atoms with van der Waals surface area (Å²) in [6.07, 6.45) is -4.57. The van der Waals surface area contributed by atoms with Gasteiger partial charge in [0.1, 0.15) is 0 Å². The monoisotopic (exact) mass is 427 g/mol. The van der Waals surface area contributed by atoms with Gasteiger partial charge in [0, 0.05) is 21.5 Å². The molecule has 0 saturated heterocycles. The number of aromatic nitrogens is 1. The molecular formula is C18H10BrClF3NO. The zero-order chi connectivity index (χ0) is 18.2. The Balaban J connectivity index is 2.36. The van der Waals surface area contributed by atoms with E-state index >= 15 is 0 Å². The Bertz CT molecular complexity index is 955. The number of hydrogen-bond donors (Lipinski definition) is 0. The van der Waals surface area contributed by atoms with Gasteiger partial charge in [0.25, 0.3) is 0 Å². The van der Waals surface area contributed by atoms with Crippen LogP contribution in [0.2, 0.25) is 5.02 Å². The maximum atomic E-state index is 13.4. The molecule has 0 aliphatic heterocycles. The Labute approximate surface area is 154 Å². The fraction of sp³-hybridized carbons (Fsp3) is 0.111. The fourth-order valence-corrected chi connectivity index (χ4v) is 2.98. The molecule has 3 rings (SSSR count). The van der Waals surface area contributed by atoms with Crippen LogP contribution in [0.1, 0.15) is 15.9 Å². The first-order valence-electron chi connectivity index (χ1n) is 7.17. The number of Topliss-reactive ketones (excluding diaryl/α,β-unsaturated/α-hetero) is 1. The summed E-state index contributed by atoms with van der Waals surface area (Å²) in [5.41, 5.74) is -0.0637. The maximum absolute atomic E-state index is 13.4. The molecule has 0 atom stereocenters. The van der Waals surface area contributed by atoms with Gasteiger partial charge in [0.15, 0.2) is 5.78 Å². The second-order valence-corrected chi connectivity index (χ2v) is 6.32. The van der Waals surface area contributed by atoms with Crippen molar-refractivity contribution in [1.82, 2.24) is 4.98 Å². The van der Waals surface area contributed by atoms with Crippen molar-refractivity contribution in [1.29, 1.82) is 0 Å². The van der Waals surface area contributed by atoms with E-state index in [2.05, 4.69) is 20.9 Å². The highest BCUT2D eigenvalue weighted by Crippen LogP contribution is 2.36. The predicted molar refractivity (Wildman–Crippen MR) is 95.3 cm³/mol. The number of fused-ring (bicyclic) bond motifs is 1. The van der Waals surface area contributed by atoms with Crippen molar-refractivity contribution >= 4 is 44.2 Å². The number of benzene rings is 2. The maximum Gasteiger partial charge on any atom is 0.418 e. The summed E-state index contributed by atoms with van der Waals surface area (Å²) in [7, 11) is 0. The molecule has 0 fully saturated rings. The average Bonchev–Trinajstić information content (AvgIpc) is 2.59. The molecule has 0 radical (unpaired) electrons. The Morgan fingerprint density at radius 2 is 1.80 bits per heavy atom. The zero-order valence-corrected chi connectivity index (χ0v) is 14.9. The van der Waals surface area contributed by atoms with Gasteiger partial charge in [-0.2, -0.15) is 13.2 Å². The number of para-hydroxylation sites is 1. The lowest BCUT2D eigenvalue weighted by atomic mass is 9.99. The molecule has 0 aliphatic carbocycles. The van der Waals surface area contributed by atoms with Crippen LogP contribution in [0.25, 0.3) is 22.2 Å². The van der Waals surface area contributed by atoms with E-state index in [1.165, 1.54) is 18.2 Å². The Morgan fingerprint density at radius 3 is 2.40 bits per heavy atom. The minimum absolute atomic E-state index is 0.00240. The molecule has 0 bridgehead atoms. The lowest BCUT2D eigenvalue weighted by molar-refractivity contribution is -0.136. The quantitative estimate of drug-likeness (QED) is 0.370. The summed E-state index contributed by atoms with van der Waals surface area (Å²) in [6.45, 7) is 0. The first-order chi connectivity index (χ1) is 11.8. The lowest BCUT2D eigenvalue weighted by Gasteiger charge is -2.13. The third-order valence-electron chi connectivity index (χ3n) is 3.71. The van der Waals surface area contributed by atoms with Gasteiger partial charge in [-0.15, -0.1) is 0 Å².